The molecule has 0 unspecified atom stereocenters. The van der Waals surface area contributed by atoms with Gasteiger partial charge in [-0.25, -0.2) is 8.42 Å². The third-order valence-corrected chi connectivity index (χ3v) is 5.05. The lowest BCUT2D eigenvalue weighted by Crippen LogP contribution is -2.36. The highest BCUT2D eigenvalue weighted by atomic mass is 32.2. The zero-order valence-electron chi connectivity index (χ0n) is 13.2. The molecule has 7 nitrogen and oxygen atoms in total. The van der Waals surface area contributed by atoms with E-state index in [0.29, 0.717) is 5.75 Å². The highest BCUT2D eigenvalue weighted by Crippen LogP contribution is 2.32. The average molecular weight is 351 g/mol. The fourth-order valence-corrected chi connectivity index (χ4v) is 3.56. The summed E-state index contributed by atoms with van der Waals surface area (Å²) in [5.41, 5.74) is 0.151. The maximum atomic E-state index is 12.9. The van der Waals surface area contributed by atoms with Crippen LogP contribution in [0.3, 0.4) is 0 Å². The number of carboxylic acid groups (broad SMARTS) is 1. The van der Waals surface area contributed by atoms with Crippen molar-refractivity contribution in [3.63, 3.8) is 0 Å². The van der Waals surface area contributed by atoms with E-state index in [9.17, 15) is 13.2 Å². The molecule has 0 saturated heterocycles. The van der Waals surface area contributed by atoms with Crippen LogP contribution < -0.4 is 13.8 Å². The molecule has 1 N–H and O–H groups in total. The van der Waals surface area contributed by atoms with Gasteiger partial charge in [0, 0.05) is 0 Å². The number of carboxylic acids is 1. The van der Waals surface area contributed by atoms with Crippen molar-refractivity contribution in [2.75, 3.05) is 25.1 Å². The third-order valence-electron chi connectivity index (χ3n) is 3.28. The van der Waals surface area contributed by atoms with Crippen molar-refractivity contribution in [1.29, 1.82) is 0 Å². The standard InChI is InChI=1S/C16H17NO6S/c1-22-12-7-9-13(10-8-12)24(20,21)17(11-16(18)19)14-5-3-4-6-15(14)23-2/h3-10H,11H2,1-2H3,(H,18,19). The molecule has 0 amide bonds. The molecule has 24 heavy (non-hydrogen) atoms. The molecule has 0 fully saturated rings. The van der Waals surface area contributed by atoms with E-state index >= 15 is 0 Å². The number of sulfonamides is 1. The van der Waals surface area contributed by atoms with E-state index in [4.69, 9.17) is 14.6 Å². The Morgan fingerprint density at radius 3 is 2.21 bits per heavy atom. The summed E-state index contributed by atoms with van der Waals surface area (Å²) >= 11 is 0. The van der Waals surface area contributed by atoms with E-state index in [1.54, 1.807) is 18.2 Å². The Bertz CT molecular complexity index is 817. The molecule has 0 aliphatic heterocycles. The summed E-state index contributed by atoms with van der Waals surface area (Å²) in [6.07, 6.45) is 0. The quantitative estimate of drug-likeness (QED) is 0.820. The first-order valence-corrected chi connectivity index (χ1v) is 8.35. The van der Waals surface area contributed by atoms with Crippen LogP contribution in [-0.2, 0) is 14.8 Å². The van der Waals surface area contributed by atoms with E-state index in [1.807, 2.05) is 0 Å². The molecule has 2 aromatic carbocycles. The summed E-state index contributed by atoms with van der Waals surface area (Å²) in [6, 6.07) is 12.0. The zero-order chi connectivity index (χ0) is 17.7. The fourth-order valence-electron chi connectivity index (χ4n) is 2.13. The molecule has 0 aliphatic rings. The van der Waals surface area contributed by atoms with Crippen molar-refractivity contribution in [2.24, 2.45) is 0 Å². The first-order valence-electron chi connectivity index (χ1n) is 6.91. The van der Waals surface area contributed by atoms with Crippen LogP contribution in [0.5, 0.6) is 11.5 Å². The molecule has 2 aromatic rings. The van der Waals surface area contributed by atoms with Crippen LogP contribution in [-0.4, -0.2) is 40.3 Å². The molecule has 0 radical (unpaired) electrons. The highest BCUT2D eigenvalue weighted by Gasteiger charge is 2.29. The van der Waals surface area contributed by atoms with Crippen LogP contribution in [0.4, 0.5) is 5.69 Å². The number of hydrogen-bond acceptors (Lipinski definition) is 5. The number of nitrogens with zero attached hydrogens (tertiary/aromatic N) is 1. The van der Waals surface area contributed by atoms with Crippen LogP contribution in [0.1, 0.15) is 0 Å². The van der Waals surface area contributed by atoms with Gasteiger partial charge >= 0.3 is 5.97 Å². The van der Waals surface area contributed by atoms with Crippen molar-refractivity contribution >= 4 is 21.7 Å². The number of aliphatic carboxylic acids is 1. The second-order valence-corrected chi connectivity index (χ2v) is 6.62. The van der Waals surface area contributed by atoms with Gasteiger partial charge in [0.1, 0.15) is 18.0 Å². The second-order valence-electron chi connectivity index (χ2n) is 4.75. The van der Waals surface area contributed by atoms with E-state index in [-0.39, 0.29) is 16.3 Å². The van der Waals surface area contributed by atoms with Gasteiger partial charge in [-0.1, -0.05) is 12.1 Å². The average Bonchev–Trinajstić information content (AvgIpc) is 2.59. The van der Waals surface area contributed by atoms with E-state index in [1.165, 1.54) is 44.6 Å². The first-order chi connectivity index (χ1) is 11.4. The minimum Gasteiger partial charge on any atom is -0.497 e. The summed E-state index contributed by atoms with van der Waals surface area (Å²) < 4.78 is 36.8. The third kappa shape index (κ3) is 3.60. The topological polar surface area (TPSA) is 93.1 Å². The first kappa shape index (κ1) is 17.6. The number of rotatable bonds is 7. The molecule has 0 aliphatic carbocycles. The summed E-state index contributed by atoms with van der Waals surface area (Å²) in [6.45, 7) is -0.727. The van der Waals surface area contributed by atoms with Crippen molar-refractivity contribution in [3.05, 3.63) is 48.5 Å². The van der Waals surface area contributed by atoms with Gasteiger partial charge in [0.05, 0.1) is 24.8 Å². The second kappa shape index (κ2) is 7.22. The molecule has 2 rings (SSSR count). The lowest BCUT2D eigenvalue weighted by Gasteiger charge is -2.24. The predicted octanol–water partition coefficient (Wildman–Crippen LogP) is 1.98. The van der Waals surface area contributed by atoms with Gasteiger partial charge in [0.25, 0.3) is 10.0 Å². The highest BCUT2D eigenvalue weighted by molar-refractivity contribution is 7.92. The summed E-state index contributed by atoms with van der Waals surface area (Å²) in [5, 5.41) is 9.13. The number of hydrogen-bond donors (Lipinski definition) is 1. The Labute approximate surface area is 140 Å². The molecule has 0 bridgehead atoms. The summed E-state index contributed by atoms with van der Waals surface area (Å²) in [7, 11) is -1.24. The lowest BCUT2D eigenvalue weighted by atomic mass is 10.3. The maximum absolute atomic E-state index is 12.9. The Hall–Kier alpha value is -2.74. The van der Waals surface area contributed by atoms with Gasteiger partial charge in [-0.05, 0) is 36.4 Å². The van der Waals surface area contributed by atoms with Crippen molar-refractivity contribution in [2.45, 2.75) is 4.90 Å². The lowest BCUT2D eigenvalue weighted by molar-refractivity contribution is -0.135. The molecular formula is C16H17NO6S. The van der Waals surface area contributed by atoms with Crippen LogP contribution in [0.25, 0.3) is 0 Å². The SMILES string of the molecule is COc1ccc(S(=O)(=O)N(CC(=O)O)c2ccccc2OC)cc1. The maximum Gasteiger partial charge on any atom is 0.324 e. The molecule has 0 aromatic heterocycles. The molecule has 128 valence electrons. The summed E-state index contributed by atoms with van der Waals surface area (Å²) in [4.78, 5) is 11.1. The van der Waals surface area contributed by atoms with Crippen LogP contribution >= 0.6 is 0 Å². The van der Waals surface area contributed by atoms with E-state index in [0.717, 1.165) is 4.31 Å². The molecule has 8 heteroatoms. The van der Waals surface area contributed by atoms with Crippen LogP contribution in [0.15, 0.2) is 53.4 Å². The molecular weight excluding hydrogens is 334 g/mol. The van der Waals surface area contributed by atoms with Gasteiger partial charge in [0.2, 0.25) is 0 Å². The Kier molecular flexibility index (Phi) is 5.30. The minimum atomic E-state index is -4.09. The van der Waals surface area contributed by atoms with Crippen molar-refractivity contribution in [3.8, 4) is 11.5 Å². The van der Waals surface area contributed by atoms with Gasteiger partial charge in [-0.3, -0.25) is 9.10 Å². The monoisotopic (exact) mass is 351 g/mol. The van der Waals surface area contributed by atoms with E-state index < -0.39 is 22.5 Å². The fraction of sp³-hybridized carbons (Fsp3) is 0.188. The Balaban J connectivity index is 2.55. The number of anilines is 1. The number of carbonyl (C=O) groups is 1. The van der Waals surface area contributed by atoms with Gasteiger partial charge in [-0.2, -0.15) is 0 Å². The molecule has 0 spiro atoms. The van der Waals surface area contributed by atoms with Crippen molar-refractivity contribution in [1.82, 2.24) is 0 Å². The van der Waals surface area contributed by atoms with Gasteiger partial charge < -0.3 is 14.6 Å². The van der Waals surface area contributed by atoms with E-state index in [2.05, 4.69) is 0 Å². The number of methoxy groups -OCH3 is 2. The Morgan fingerprint density at radius 2 is 1.67 bits per heavy atom. The van der Waals surface area contributed by atoms with Gasteiger partial charge in [-0.15, -0.1) is 0 Å². The Morgan fingerprint density at radius 1 is 1.04 bits per heavy atom. The molecule has 0 heterocycles. The number of ether oxygens (including phenoxy) is 2. The normalized spacial score (nSPS) is 10.9. The number of benzene rings is 2. The smallest absolute Gasteiger partial charge is 0.324 e. The zero-order valence-corrected chi connectivity index (χ0v) is 14.0. The molecule has 0 saturated carbocycles. The summed E-state index contributed by atoms with van der Waals surface area (Å²) in [5.74, 6) is -0.523. The largest absolute Gasteiger partial charge is 0.497 e. The predicted molar refractivity (Wildman–Crippen MR) is 88.2 cm³/mol. The van der Waals surface area contributed by atoms with Crippen LogP contribution in [0.2, 0.25) is 0 Å². The minimum absolute atomic E-state index is 0.0459. The van der Waals surface area contributed by atoms with Crippen molar-refractivity contribution < 1.29 is 27.8 Å². The molecule has 0 atom stereocenters. The number of para-hydroxylation sites is 2. The van der Waals surface area contributed by atoms with Gasteiger partial charge in [0.15, 0.2) is 0 Å². The van der Waals surface area contributed by atoms with Crippen LogP contribution in [0, 0.1) is 0 Å².